The molecule has 3 aromatic heterocycles. The Morgan fingerprint density at radius 2 is 1.97 bits per heavy atom. The molecular weight excluding hydrogens is 557 g/mol. The quantitative estimate of drug-likeness (QED) is 0.402. The Hall–Kier alpha value is -2.94. The molecule has 0 aromatic carbocycles. The normalized spacial score (nSPS) is 18.3. The number of nitriles is 1. The lowest BCUT2D eigenvalue weighted by Crippen LogP contribution is -2.39. The van der Waals surface area contributed by atoms with Gasteiger partial charge in [-0.25, -0.2) is 22.2 Å². The molecule has 0 atom stereocenters. The topological polar surface area (TPSA) is 126 Å². The predicted molar refractivity (Wildman–Crippen MR) is 124 cm³/mol. The van der Waals surface area contributed by atoms with Crippen LogP contribution in [0.5, 0.6) is 0 Å². The third-order valence-corrected chi connectivity index (χ3v) is 8.71. The monoisotopic (exact) mass is 577 g/mol. The second-order valence-corrected chi connectivity index (χ2v) is 11.7. The third-order valence-electron chi connectivity index (χ3n) is 6.28. The van der Waals surface area contributed by atoms with Gasteiger partial charge in [0.15, 0.2) is 15.8 Å². The summed E-state index contributed by atoms with van der Waals surface area (Å²) in [6.07, 6.45) is -3.94. The highest BCUT2D eigenvalue weighted by molar-refractivity contribution is 7.89. The van der Waals surface area contributed by atoms with Crippen LogP contribution in [0.2, 0.25) is 0 Å². The maximum atomic E-state index is 13.3. The predicted octanol–water partition coefficient (Wildman–Crippen LogP) is 3.67. The van der Waals surface area contributed by atoms with E-state index in [1.807, 2.05) is 6.07 Å². The number of nitrogens with one attached hydrogen (secondary N) is 1. The van der Waals surface area contributed by atoms with Crippen molar-refractivity contribution < 1.29 is 35.1 Å². The lowest BCUT2D eigenvalue weighted by Gasteiger charge is -2.34. The van der Waals surface area contributed by atoms with Crippen LogP contribution in [0.4, 0.5) is 27.6 Å². The van der Waals surface area contributed by atoms with Crippen LogP contribution < -0.4 is 9.62 Å². The molecule has 0 spiro atoms. The van der Waals surface area contributed by atoms with Gasteiger partial charge in [-0.2, -0.15) is 23.2 Å². The first-order chi connectivity index (χ1) is 17.9. The van der Waals surface area contributed by atoms with Crippen LogP contribution in [0.3, 0.4) is 0 Å². The molecular formula is C21H20F5N7O3S2. The van der Waals surface area contributed by atoms with Gasteiger partial charge < -0.3 is 9.64 Å². The molecule has 1 aliphatic carbocycles. The van der Waals surface area contributed by atoms with Gasteiger partial charge in [0.25, 0.3) is 6.43 Å². The number of ether oxygens (including phenoxy) is 1. The van der Waals surface area contributed by atoms with E-state index in [-0.39, 0.29) is 41.7 Å². The average Bonchev–Trinajstić information content (AvgIpc) is 3.26. The van der Waals surface area contributed by atoms with Crippen molar-refractivity contribution in [1.29, 1.82) is 5.26 Å². The van der Waals surface area contributed by atoms with Crippen molar-refractivity contribution in [2.24, 2.45) is 0 Å². The fraction of sp³-hybridized carbons (Fsp3) is 0.524. The minimum atomic E-state index is -4.44. The van der Waals surface area contributed by atoms with Crippen molar-refractivity contribution in [2.45, 2.75) is 54.8 Å². The number of halogens is 5. The molecule has 1 saturated heterocycles. The van der Waals surface area contributed by atoms with E-state index in [1.165, 1.54) is 22.9 Å². The number of aromatic nitrogens is 4. The molecule has 0 bridgehead atoms. The van der Waals surface area contributed by atoms with Crippen molar-refractivity contribution in [2.75, 3.05) is 24.6 Å². The summed E-state index contributed by atoms with van der Waals surface area (Å²) in [4.78, 5) is 5.87. The largest absolute Gasteiger partial charge is 0.411 e. The first-order valence-electron chi connectivity index (χ1n) is 11.4. The van der Waals surface area contributed by atoms with Crippen molar-refractivity contribution in [3.63, 3.8) is 0 Å². The molecule has 204 valence electrons. The Morgan fingerprint density at radius 3 is 2.55 bits per heavy atom. The van der Waals surface area contributed by atoms with Crippen LogP contribution in [0.1, 0.15) is 37.1 Å². The van der Waals surface area contributed by atoms with Crippen molar-refractivity contribution in [1.82, 2.24) is 24.3 Å². The van der Waals surface area contributed by atoms with Crippen LogP contribution in [0.25, 0.3) is 16.3 Å². The van der Waals surface area contributed by atoms with Gasteiger partial charge >= 0.3 is 6.18 Å². The third kappa shape index (κ3) is 5.44. The van der Waals surface area contributed by atoms with Crippen LogP contribution in [0.15, 0.2) is 23.4 Å². The van der Waals surface area contributed by atoms with E-state index in [4.69, 9.17) is 4.74 Å². The zero-order valence-corrected chi connectivity index (χ0v) is 21.1. The Balaban J connectivity index is 1.52. The van der Waals surface area contributed by atoms with E-state index < -0.39 is 45.9 Å². The fourth-order valence-electron chi connectivity index (χ4n) is 4.18. The van der Waals surface area contributed by atoms with Gasteiger partial charge in [0.05, 0.1) is 29.6 Å². The molecule has 4 heterocycles. The standard InChI is InChI=1S/C21H20F5N7O3S2/c22-16(23)18-29-30-19(37-18)17-28-8-15-14(32-5-1-12(2-6-32)36-11-21(24,25)26)7-13(9-33(15)17)38(34,35)31-20(10-27)3-4-20/h7-9,12,16,31H,1-6,11H2. The van der Waals surface area contributed by atoms with Gasteiger partial charge in [-0.05, 0) is 31.7 Å². The number of fused-ring (bicyclic) bond motifs is 1. The van der Waals surface area contributed by atoms with E-state index in [2.05, 4.69) is 19.9 Å². The second-order valence-electron chi connectivity index (χ2n) is 9.06. The zero-order chi connectivity index (χ0) is 27.3. The van der Waals surface area contributed by atoms with Crippen LogP contribution in [-0.4, -0.2) is 65.5 Å². The van der Waals surface area contributed by atoms with E-state index >= 15 is 0 Å². The summed E-state index contributed by atoms with van der Waals surface area (Å²) in [5.41, 5.74) is -0.337. The van der Waals surface area contributed by atoms with Crippen molar-refractivity contribution >= 4 is 32.6 Å². The molecule has 0 amide bonds. The number of nitrogens with zero attached hydrogens (tertiary/aromatic N) is 6. The van der Waals surface area contributed by atoms with E-state index in [0.29, 0.717) is 35.4 Å². The lowest BCUT2D eigenvalue weighted by molar-refractivity contribution is -0.186. The second kappa shape index (κ2) is 9.67. The van der Waals surface area contributed by atoms with Gasteiger partial charge in [0, 0.05) is 19.3 Å². The molecule has 1 aliphatic heterocycles. The minimum absolute atomic E-state index is 0.0451. The smallest absolute Gasteiger partial charge is 0.370 e. The molecule has 2 fully saturated rings. The van der Waals surface area contributed by atoms with Gasteiger partial charge in [-0.1, -0.05) is 11.3 Å². The van der Waals surface area contributed by atoms with Crippen LogP contribution >= 0.6 is 11.3 Å². The summed E-state index contributed by atoms with van der Waals surface area (Å²) < 4.78 is 99.1. The number of hydrogen-bond acceptors (Lipinski definition) is 9. The Bertz CT molecular complexity index is 1490. The SMILES string of the molecule is N#CC1(NS(=O)(=O)c2cc(N3CCC(OCC(F)(F)F)CC3)c3cnc(-c4nnc(C(F)F)s4)n3c2)CC1. The highest BCUT2D eigenvalue weighted by Crippen LogP contribution is 2.38. The highest BCUT2D eigenvalue weighted by atomic mass is 32.2. The maximum Gasteiger partial charge on any atom is 0.411 e. The number of piperidine rings is 1. The molecule has 1 N–H and O–H groups in total. The number of sulfonamides is 1. The van der Waals surface area contributed by atoms with Gasteiger partial charge in [0.1, 0.15) is 17.0 Å². The molecule has 2 aliphatic rings. The molecule has 3 aromatic rings. The summed E-state index contributed by atoms with van der Waals surface area (Å²) in [5, 5.41) is 16.1. The Morgan fingerprint density at radius 1 is 1.26 bits per heavy atom. The number of alkyl halides is 5. The van der Waals surface area contributed by atoms with Crippen LogP contribution in [-0.2, 0) is 14.8 Å². The average molecular weight is 578 g/mol. The van der Waals surface area contributed by atoms with E-state index in [0.717, 1.165) is 0 Å². The summed E-state index contributed by atoms with van der Waals surface area (Å²) >= 11 is 0.614. The molecule has 17 heteroatoms. The molecule has 0 radical (unpaired) electrons. The summed E-state index contributed by atoms with van der Waals surface area (Å²) in [6, 6.07) is 3.37. The first-order valence-corrected chi connectivity index (χ1v) is 13.7. The van der Waals surface area contributed by atoms with E-state index in [1.54, 1.807) is 4.90 Å². The first kappa shape index (κ1) is 26.7. The van der Waals surface area contributed by atoms with Gasteiger partial charge in [-0.15, -0.1) is 10.2 Å². The lowest BCUT2D eigenvalue weighted by atomic mass is 10.1. The fourth-order valence-corrected chi connectivity index (χ4v) is 6.27. The zero-order valence-electron chi connectivity index (χ0n) is 19.5. The number of anilines is 1. The van der Waals surface area contributed by atoms with Gasteiger partial charge in [-0.3, -0.25) is 4.40 Å². The Labute approximate surface area is 217 Å². The summed E-state index contributed by atoms with van der Waals surface area (Å²) in [7, 11) is -4.19. The molecule has 5 rings (SSSR count). The number of rotatable bonds is 8. The molecule has 1 saturated carbocycles. The van der Waals surface area contributed by atoms with Crippen LogP contribution in [0, 0.1) is 11.3 Å². The number of hydrogen-bond donors (Lipinski definition) is 1. The van der Waals surface area contributed by atoms with Gasteiger partial charge in [0.2, 0.25) is 10.0 Å². The minimum Gasteiger partial charge on any atom is -0.370 e. The molecule has 38 heavy (non-hydrogen) atoms. The van der Waals surface area contributed by atoms with Crippen molar-refractivity contribution in [3.05, 3.63) is 23.5 Å². The van der Waals surface area contributed by atoms with Crippen molar-refractivity contribution in [3.8, 4) is 16.9 Å². The maximum absolute atomic E-state index is 13.3. The van der Waals surface area contributed by atoms with E-state index in [9.17, 15) is 35.6 Å². The summed E-state index contributed by atoms with van der Waals surface area (Å²) in [6.45, 7) is -0.811. The highest BCUT2D eigenvalue weighted by Gasteiger charge is 2.47. The molecule has 0 unspecified atom stereocenters. The Kier molecular flexibility index (Phi) is 6.78. The number of imidazole rings is 1. The molecule has 10 nitrogen and oxygen atoms in total. The number of pyridine rings is 1. The summed E-state index contributed by atoms with van der Waals surface area (Å²) in [5.74, 6) is 0.0903.